The largest absolute Gasteiger partial charge is 0.372 e. The van der Waals surface area contributed by atoms with Gasteiger partial charge in [-0.25, -0.2) is 4.98 Å². The van der Waals surface area contributed by atoms with E-state index in [1.165, 1.54) is 18.5 Å². The Balaban J connectivity index is 1.19. The van der Waals surface area contributed by atoms with Gasteiger partial charge in [0.15, 0.2) is 5.82 Å². The fraction of sp³-hybridized carbons (Fsp3) is 0.310. The Bertz CT molecular complexity index is 1490. The number of hydrogen-bond acceptors (Lipinski definition) is 5. The van der Waals surface area contributed by atoms with Crippen LogP contribution in [0.4, 0.5) is 17.2 Å². The van der Waals surface area contributed by atoms with Crippen LogP contribution in [0.2, 0.25) is 0 Å². The molecule has 0 spiro atoms. The van der Waals surface area contributed by atoms with Crippen LogP contribution in [0.1, 0.15) is 30.5 Å². The Morgan fingerprint density at radius 2 is 1.70 bits per heavy atom. The predicted molar refractivity (Wildman–Crippen MR) is 145 cm³/mol. The maximum absolute atomic E-state index is 13.3. The number of pyridine rings is 1. The molecule has 37 heavy (non-hydrogen) atoms. The molecular weight excluding hydrogens is 464 g/mol. The number of anilines is 3. The highest BCUT2D eigenvalue weighted by Crippen LogP contribution is 2.29. The van der Waals surface area contributed by atoms with Crippen molar-refractivity contribution in [3.63, 3.8) is 0 Å². The maximum atomic E-state index is 13.3. The lowest BCUT2D eigenvalue weighted by Gasteiger charge is -2.20. The molecule has 2 aromatic heterocycles. The molecule has 0 aliphatic carbocycles. The number of amides is 2. The highest BCUT2D eigenvalue weighted by atomic mass is 16.2. The van der Waals surface area contributed by atoms with Crippen molar-refractivity contribution in [1.29, 1.82) is 0 Å². The quantitative estimate of drug-likeness (QED) is 0.437. The van der Waals surface area contributed by atoms with Gasteiger partial charge < -0.3 is 15.1 Å². The minimum Gasteiger partial charge on any atom is -0.372 e. The molecule has 4 aromatic rings. The van der Waals surface area contributed by atoms with Gasteiger partial charge in [-0.05, 0) is 68.7 Å². The van der Waals surface area contributed by atoms with Crippen LogP contribution in [0.5, 0.6) is 0 Å². The highest BCUT2D eigenvalue weighted by Gasteiger charge is 2.35. The number of fused-ring (bicyclic) bond motifs is 1. The van der Waals surface area contributed by atoms with E-state index in [2.05, 4.69) is 27.4 Å². The molecule has 2 aromatic carbocycles. The minimum absolute atomic E-state index is 0.0365. The molecule has 0 bridgehead atoms. The fourth-order valence-corrected chi connectivity index (χ4v) is 5.38. The van der Waals surface area contributed by atoms with Gasteiger partial charge in [0.1, 0.15) is 5.82 Å². The summed E-state index contributed by atoms with van der Waals surface area (Å²) in [6.45, 7) is 6.43. The molecule has 2 saturated heterocycles. The molecule has 1 N–H and O–H groups in total. The molecule has 6 rings (SSSR count). The number of carbonyl (C=O) groups is 2. The van der Waals surface area contributed by atoms with Gasteiger partial charge in [-0.2, -0.15) is 9.78 Å². The number of nitrogens with one attached hydrogen (secondary N) is 1. The Kier molecular flexibility index (Phi) is 5.87. The van der Waals surface area contributed by atoms with E-state index in [9.17, 15) is 9.59 Å². The van der Waals surface area contributed by atoms with Crippen molar-refractivity contribution in [3.8, 4) is 5.82 Å². The molecule has 2 aliphatic heterocycles. The smallest absolute Gasteiger partial charge is 0.230 e. The first kappa shape index (κ1) is 23.2. The summed E-state index contributed by atoms with van der Waals surface area (Å²) in [5.74, 6) is 0.516. The summed E-state index contributed by atoms with van der Waals surface area (Å²) < 4.78 is 1.66. The van der Waals surface area contributed by atoms with Crippen molar-refractivity contribution in [2.45, 2.75) is 33.1 Å². The molecule has 188 valence electrons. The summed E-state index contributed by atoms with van der Waals surface area (Å²) in [5, 5.41) is 8.68. The van der Waals surface area contributed by atoms with E-state index in [-0.39, 0.29) is 18.2 Å². The molecule has 2 fully saturated rings. The number of nitrogens with zero attached hydrogens (tertiary/aromatic N) is 5. The second kappa shape index (κ2) is 9.35. The predicted octanol–water partition coefficient (Wildman–Crippen LogP) is 4.63. The van der Waals surface area contributed by atoms with Gasteiger partial charge in [-0.3, -0.25) is 9.59 Å². The average molecular weight is 495 g/mol. The second-order valence-electron chi connectivity index (χ2n) is 10.0. The number of benzene rings is 2. The number of aromatic nitrogens is 3. The third-order valence-electron chi connectivity index (χ3n) is 7.34. The van der Waals surface area contributed by atoms with E-state index in [1.807, 2.05) is 62.4 Å². The lowest BCUT2D eigenvalue weighted by molar-refractivity contribution is -0.122. The van der Waals surface area contributed by atoms with Gasteiger partial charge in [0.25, 0.3) is 0 Å². The normalized spacial score (nSPS) is 17.7. The zero-order valence-corrected chi connectivity index (χ0v) is 21.1. The van der Waals surface area contributed by atoms with Crippen LogP contribution < -0.4 is 15.1 Å². The van der Waals surface area contributed by atoms with Crippen molar-refractivity contribution >= 4 is 39.9 Å². The van der Waals surface area contributed by atoms with E-state index in [1.54, 1.807) is 9.58 Å². The maximum Gasteiger partial charge on any atom is 0.230 e. The topological polar surface area (TPSA) is 83.4 Å². The van der Waals surface area contributed by atoms with Crippen LogP contribution in [0, 0.1) is 19.8 Å². The summed E-state index contributed by atoms with van der Waals surface area (Å²) >= 11 is 0. The third kappa shape index (κ3) is 4.43. The number of carbonyl (C=O) groups excluding carboxylic acids is 2. The van der Waals surface area contributed by atoms with Crippen LogP contribution in [0.15, 0.2) is 60.7 Å². The average Bonchev–Trinajstić information content (AvgIpc) is 3.65. The second-order valence-corrected chi connectivity index (χ2v) is 10.0. The van der Waals surface area contributed by atoms with Crippen LogP contribution >= 0.6 is 0 Å². The first-order chi connectivity index (χ1) is 18.0. The van der Waals surface area contributed by atoms with Gasteiger partial charge in [-0.1, -0.05) is 18.2 Å². The van der Waals surface area contributed by atoms with Crippen molar-refractivity contribution in [1.82, 2.24) is 14.8 Å². The molecule has 1 atom stereocenters. The summed E-state index contributed by atoms with van der Waals surface area (Å²) in [6, 6.07) is 19.9. The van der Waals surface area contributed by atoms with Gasteiger partial charge >= 0.3 is 0 Å². The van der Waals surface area contributed by atoms with Gasteiger partial charge in [0, 0.05) is 48.9 Å². The lowest BCUT2D eigenvalue weighted by atomic mass is 10.1. The monoisotopic (exact) mass is 494 g/mol. The number of rotatable bonds is 5. The van der Waals surface area contributed by atoms with E-state index in [0.717, 1.165) is 40.9 Å². The van der Waals surface area contributed by atoms with Crippen LogP contribution in [0.3, 0.4) is 0 Å². The fourth-order valence-electron chi connectivity index (χ4n) is 5.38. The molecule has 0 saturated carbocycles. The summed E-state index contributed by atoms with van der Waals surface area (Å²) in [6.07, 6.45) is 2.62. The van der Waals surface area contributed by atoms with E-state index in [0.29, 0.717) is 18.2 Å². The molecule has 4 heterocycles. The molecule has 8 nitrogen and oxygen atoms in total. The Morgan fingerprint density at radius 3 is 2.49 bits per heavy atom. The zero-order chi connectivity index (χ0) is 25.5. The molecule has 8 heteroatoms. The van der Waals surface area contributed by atoms with Gasteiger partial charge in [0.05, 0.1) is 17.1 Å². The molecule has 2 aliphatic rings. The SMILES string of the molecule is Cc1cc(NC(=O)C2CC(=O)N(c3ccc(N4CCCC4)cc3)C2)n(-c2cc(C)c3ccccc3n2)n1. The highest BCUT2D eigenvalue weighted by molar-refractivity contribution is 6.03. The number of hydrogen-bond donors (Lipinski definition) is 1. The zero-order valence-electron chi connectivity index (χ0n) is 21.1. The third-order valence-corrected chi connectivity index (χ3v) is 7.34. The first-order valence-corrected chi connectivity index (χ1v) is 12.9. The summed E-state index contributed by atoms with van der Waals surface area (Å²) in [4.78, 5) is 35.0. The number of aryl methyl sites for hydroxylation is 2. The standard InChI is InChI=1S/C29H30N6O2/c1-19-15-26(30-25-8-4-3-7-24(19)25)35-27(16-20(2)32-35)31-29(37)21-17-28(36)34(18-21)23-11-9-22(10-12-23)33-13-5-6-14-33/h3-4,7-12,15-16,21H,5-6,13-14,17-18H2,1-2H3,(H,31,37). The molecule has 2 amide bonds. The van der Waals surface area contributed by atoms with E-state index in [4.69, 9.17) is 4.98 Å². The molecule has 1 unspecified atom stereocenters. The van der Waals surface area contributed by atoms with Gasteiger partial charge in [0.2, 0.25) is 11.8 Å². The Hall–Kier alpha value is -4.20. The Morgan fingerprint density at radius 1 is 0.973 bits per heavy atom. The Labute approximate surface area is 215 Å². The van der Waals surface area contributed by atoms with Crippen LogP contribution in [-0.4, -0.2) is 46.2 Å². The first-order valence-electron chi connectivity index (χ1n) is 12.9. The summed E-state index contributed by atoms with van der Waals surface area (Å²) in [7, 11) is 0. The van der Waals surface area contributed by atoms with Crippen molar-refractivity contribution in [3.05, 3.63) is 71.9 Å². The van der Waals surface area contributed by atoms with Crippen molar-refractivity contribution < 1.29 is 9.59 Å². The van der Waals surface area contributed by atoms with E-state index >= 15 is 0 Å². The van der Waals surface area contributed by atoms with Crippen LogP contribution in [-0.2, 0) is 9.59 Å². The molecular formula is C29H30N6O2. The van der Waals surface area contributed by atoms with E-state index < -0.39 is 5.92 Å². The van der Waals surface area contributed by atoms with Crippen molar-refractivity contribution in [2.24, 2.45) is 5.92 Å². The van der Waals surface area contributed by atoms with Gasteiger partial charge in [-0.15, -0.1) is 0 Å². The minimum atomic E-state index is -0.444. The molecule has 0 radical (unpaired) electrons. The number of para-hydroxylation sites is 1. The van der Waals surface area contributed by atoms with Crippen LogP contribution in [0.25, 0.3) is 16.7 Å². The lowest BCUT2D eigenvalue weighted by Crippen LogP contribution is -2.28. The van der Waals surface area contributed by atoms with Crippen molar-refractivity contribution in [2.75, 3.05) is 34.8 Å². The summed E-state index contributed by atoms with van der Waals surface area (Å²) in [5.41, 5.74) is 4.74.